The molecule has 0 aliphatic rings. The number of nitrogens with one attached hydrogen (secondary N) is 1. The van der Waals surface area contributed by atoms with E-state index in [1.165, 1.54) is 31.2 Å². The quantitative estimate of drug-likeness (QED) is 0.104. The summed E-state index contributed by atoms with van der Waals surface area (Å²) in [5.74, 6) is 1.53. The van der Waals surface area contributed by atoms with Crippen LogP contribution < -0.4 is 16.4 Å². The SMILES string of the molecule is CCCCN(CCCC)CCCn1c(CCc2ccc(C(=N)N)cc2)nc2cc(C(=O)N(CCN)c3ccccn3)ccc21. The van der Waals surface area contributed by atoms with Gasteiger partial charge in [0.25, 0.3) is 5.91 Å². The van der Waals surface area contributed by atoms with E-state index in [9.17, 15) is 4.79 Å². The average molecular weight is 597 g/mol. The lowest BCUT2D eigenvalue weighted by molar-refractivity contribution is 0.0987. The Balaban J connectivity index is 1.59. The molecule has 0 fully saturated rings. The van der Waals surface area contributed by atoms with Gasteiger partial charge in [-0.1, -0.05) is 57.0 Å². The normalized spacial score (nSPS) is 11.4. The Morgan fingerprint density at radius 2 is 1.59 bits per heavy atom. The van der Waals surface area contributed by atoms with Crippen LogP contribution in [0.25, 0.3) is 11.0 Å². The lowest BCUT2D eigenvalue weighted by Crippen LogP contribution is -2.36. The number of pyridine rings is 1. The van der Waals surface area contributed by atoms with Gasteiger partial charge in [-0.25, -0.2) is 9.97 Å². The van der Waals surface area contributed by atoms with Crippen LogP contribution in [0.5, 0.6) is 0 Å². The second-order valence-corrected chi connectivity index (χ2v) is 11.3. The van der Waals surface area contributed by atoms with Gasteiger partial charge in [0.05, 0.1) is 11.0 Å². The van der Waals surface area contributed by atoms with Crippen molar-refractivity contribution >= 4 is 28.6 Å². The van der Waals surface area contributed by atoms with Crippen molar-refractivity contribution in [2.75, 3.05) is 37.6 Å². The van der Waals surface area contributed by atoms with Crippen LogP contribution in [-0.4, -0.2) is 63.9 Å². The van der Waals surface area contributed by atoms with Crippen LogP contribution in [0.4, 0.5) is 5.82 Å². The van der Waals surface area contributed by atoms with Crippen molar-refractivity contribution < 1.29 is 4.79 Å². The number of fused-ring (bicyclic) bond motifs is 1. The van der Waals surface area contributed by atoms with Crippen molar-refractivity contribution in [1.82, 2.24) is 19.4 Å². The zero-order valence-electron chi connectivity index (χ0n) is 26.3. The van der Waals surface area contributed by atoms with Gasteiger partial charge in [0.15, 0.2) is 0 Å². The van der Waals surface area contributed by atoms with E-state index in [0.29, 0.717) is 24.5 Å². The number of aryl methyl sites for hydroxylation is 3. The fourth-order valence-corrected chi connectivity index (χ4v) is 5.53. The van der Waals surface area contributed by atoms with Crippen molar-refractivity contribution in [1.29, 1.82) is 5.41 Å². The highest BCUT2D eigenvalue weighted by atomic mass is 16.2. The second-order valence-electron chi connectivity index (χ2n) is 11.3. The molecule has 0 saturated carbocycles. The van der Waals surface area contributed by atoms with Gasteiger partial charge in [0.1, 0.15) is 17.5 Å². The van der Waals surface area contributed by atoms with Crippen molar-refractivity contribution in [3.63, 3.8) is 0 Å². The summed E-state index contributed by atoms with van der Waals surface area (Å²) >= 11 is 0. The van der Waals surface area contributed by atoms with E-state index in [0.717, 1.165) is 67.9 Å². The highest BCUT2D eigenvalue weighted by Crippen LogP contribution is 2.23. The van der Waals surface area contributed by atoms with Crippen LogP contribution in [0.15, 0.2) is 66.9 Å². The van der Waals surface area contributed by atoms with Crippen LogP contribution in [-0.2, 0) is 19.4 Å². The highest BCUT2D eigenvalue weighted by molar-refractivity contribution is 6.07. The molecule has 9 nitrogen and oxygen atoms in total. The molecule has 9 heteroatoms. The first kappa shape index (κ1) is 32.8. The maximum atomic E-state index is 13.6. The summed E-state index contributed by atoms with van der Waals surface area (Å²) in [6.45, 7) is 9.43. The number of carbonyl (C=O) groups excluding carboxylic acids is 1. The van der Waals surface area contributed by atoms with E-state index in [-0.39, 0.29) is 11.7 Å². The van der Waals surface area contributed by atoms with Crippen molar-refractivity contribution in [3.05, 3.63) is 89.4 Å². The summed E-state index contributed by atoms with van der Waals surface area (Å²) in [5.41, 5.74) is 15.8. The van der Waals surface area contributed by atoms with E-state index in [1.807, 2.05) is 60.7 Å². The predicted molar refractivity (Wildman–Crippen MR) is 180 cm³/mol. The van der Waals surface area contributed by atoms with E-state index in [4.69, 9.17) is 21.9 Å². The third kappa shape index (κ3) is 8.74. The maximum Gasteiger partial charge on any atom is 0.259 e. The molecule has 1 amide bonds. The van der Waals surface area contributed by atoms with Crippen molar-refractivity contribution in [2.24, 2.45) is 11.5 Å². The summed E-state index contributed by atoms with van der Waals surface area (Å²) in [6, 6.07) is 19.2. The largest absolute Gasteiger partial charge is 0.384 e. The number of hydrogen-bond acceptors (Lipinski definition) is 6. The minimum atomic E-state index is -0.139. The van der Waals surface area contributed by atoms with Crippen LogP contribution in [0.1, 0.15) is 73.3 Å². The van der Waals surface area contributed by atoms with E-state index in [2.05, 4.69) is 28.3 Å². The number of amidine groups is 1. The zero-order valence-corrected chi connectivity index (χ0v) is 26.3. The van der Waals surface area contributed by atoms with Crippen LogP contribution >= 0.6 is 0 Å². The third-order valence-electron chi connectivity index (χ3n) is 8.01. The van der Waals surface area contributed by atoms with Gasteiger partial charge in [-0.2, -0.15) is 0 Å². The molecule has 4 rings (SSSR count). The van der Waals surface area contributed by atoms with Gasteiger partial charge >= 0.3 is 0 Å². The first-order chi connectivity index (χ1) is 21.4. The van der Waals surface area contributed by atoms with Gasteiger partial charge in [0.2, 0.25) is 0 Å². The Hall–Kier alpha value is -4.08. The standard InChI is InChI=1S/C35H48N8O/c1-3-5-21-41(22-6-4-2)23-9-24-42-31-17-16-29(35(44)43(25-19-36)32-10-7-8-20-39-32)26-30(31)40-33(42)18-13-27-11-14-28(15-12-27)34(37)38/h7-8,10-12,14-17,20,26H,3-6,9,13,18-19,21-25,36H2,1-2H3,(H3,37,38). The molecule has 0 bridgehead atoms. The monoisotopic (exact) mass is 596 g/mol. The summed E-state index contributed by atoms with van der Waals surface area (Å²) in [7, 11) is 0. The summed E-state index contributed by atoms with van der Waals surface area (Å²) in [6.07, 6.45) is 9.15. The molecule has 0 aliphatic carbocycles. The van der Waals surface area contributed by atoms with Crippen molar-refractivity contribution in [3.8, 4) is 0 Å². The number of benzene rings is 2. The number of nitrogens with zero attached hydrogens (tertiary/aromatic N) is 5. The molecule has 0 radical (unpaired) electrons. The Labute approximate surface area is 261 Å². The highest BCUT2D eigenvalue weighted by Gasteiger charge is 2.20. The molecule has 2 aromatic heterocycles. The lowest BCUT2D eigenvalue weighted by Gasteiger charge is -2.22. The number of anilines is 1. The van der Waals surface area contributed by atoms with E-state index < -0.39 is 0 Å². The van der Waals surface area contributed by atoms with Crippen LogP contribution in [0.2, 0.25) is 0 Å². The molecule has 234 valence electrons. The minimum absolute atomic E-state index is 0.0729. The number of imidazole rings is 1. The van der Waals surface area contributed by atoms with Gasteiger partial charge in [-0.3, -0.25) is 15.1 Å². The Bertz CT molecular complexity index is 1470. The topological polar surface area (TPSA) is 130 Å². The molecular weight excluding hydrogens is 548 g/mol. The number of rotatable bonds is 18. The number of aromatic nitrogens is 3. The van der Waals surface area contributed by atoms with Gasteiger partial charge in [-0.05, 0) is 81.2 Å². The van der Waals surface area contributed by atoms with Crippen molar-refractivity contribution in [2.45, 2.75) is 65.3 Å². The van der Waals surface area contributed by atoms with E-state index in [1.54, 1.807) is 11.1 Å². The molecule has 2 aromatic carbocycles. The molecule has 4 aromatic rings. The number of carbonyl (C=O) groups is 1. The molecule has 44 heavy (non-hydrogen) atoms. The Morgan fingerprint density at radius 3 is 2.23 bits per heavy atom. The molecule has 0 aliphatic heterocycles. The molecule has 0 saturated heterocycles. The number of hydrogen-bond donors (Lipinski definition) is 3. The fraction of sp³-hybridized carbons (Fsp3) is 0.429. The number of nitrogen functional groups attached to an aromatic ring is 1. The van der Waals surface area contributed by atoms with Gasteiger partial charge in [-0.15, -0.1) is 0 Å². The summed E-state index contributed by atoms with van der Waals surface area (Å²) < 4.78 is 2.34. The summed E-state index contributed by atoms with van der Waals surface area (Å²) in [4.78, 5) is 27.3. The second kappa shape index (κ2) is 16.7. The van der Waals surface area contributed by atoms with Gasteiger partial charge in [0, 0.05) is 43.4 Å². The smallest absolute Gasteiger partial charge is 0.259 e. The fourth-order valence-electron chi connectivity index (χ4n) is 5.53. The number of nitrogens with two attached hydrogens (primary N) is 2. The predicted octanol–water partition coefficient (Wildman–Crippen LogP) is 5.40. The van der Waals surface area contributed by atoms with Gasteiger partial charge < -0.3 is 20.9 Å². The molecule has 0 unspecified atom stereocenters. The molecule has 5 N–H and O–H groups in total. The molecule has 2 heterocycles. The molecular formula is C35H48N8O. The first-order valence-electron chi connectivity index (χ1n) is 16.0. The molecule has 0 atom stereocenters. The number of amides is 1. The number of unbranched alkanes of at least 4 members (excludes halogenated alkanes) is 2. The third-order valence-corrected chi connectivity index (χ3v) is 8.01. The summed E-state index contributed by atoms with van der Waals surface area (Å²) in [5, 5.41) is 7.67. The van der Waals surface area contributed by atoms with Crippen LogP contribution in [0, 0.1) is 5.41 Å². The van der Waals surface area contributed by atoms with E-state index >= 15 is 0 Å². The lowest BCUT2D eigenvalue weighted by atomic mass is 10.1. The Kier molecular flexibility index (Phi) is 12.4. The minimum Gasteiger partial charge on any atom is -0.384 e. The Morgan fingerprint density at radius 1 is 0.886 bits per heavy atom. The average Bonchev–Trinajstić information content (AvgIpc) is 3.40. The first-order valence-corrected chi connectivity index (χ1v) is 16.0. The van der Waals surface area contributed by atoms with Crippen LogP contribution in [0.3, 0.4) is 0 Å². The molecule has 0 spiro atoms. The maximum absolute atomic E-state index is 13.6. The zero-order chi connectivity index (χ0) is 31.3.